The summed E-state index contributed by atoms with van der Waals surface area (Å²) < 4.78 is -0.252. The number of carbonyl (C=O) groups is 3. The van der Waals surface area contributed by atoms with Crippen LogP contribution in [0.2, 0.25) is 0 Å². The molecule has 0 aromatic heterocycles. The molecule has 1 heterocycles. The molecular formula is C22H39N3O4S. The predicted molar refractivity (Wildman–Crippen MR) is 122 cm³/mol. The maximum Gasteiger partial charge on any atom is 0.331 e. The number of hydrogen-bond donors (Lipinski definition) is 2. The van der Waals surface area contributed by atoms with E-state index in [1.807, 2.05) is 60.4 Å². The normalized spacial score (nSPS) is 22.0. The van der Waals surface area contributed by atoms with Gasteiger partial charge in [0.05, 0.1) is 6.04 Å². The van der Waals surface area contributed by atoms with Crippen LogP contribution in [0.4, 0.5) is 0 Å². The van der Waals surface area contributed by atoms with Crippen molar-refractivity contribution < 1.29 is 19.5 Å². The number of nitrogens with one attached hydrogen (secondary N) is 1. The summed E-state index contributed by atoms with van der Waals surface area (Å²) >= 11 is 1.72. The lowest BCUT2D eigenvalue weighted by Gasteiger charge is -2.39. The molecule has 0 aromatic rings. The van der Waals surface area contributed by atoms with Gasteiger partial charge in [0.1, 0.15) is 12.1 Å². The first-order valence-electron chi connectivity index (χ1n) is 10.3. The molecule has 7 nitrogen and oxygen atoms in total. The van der Waals surface area contributed by atoms with Crippen LogP contribution >= 0.6 is 11.8 Å². The highest BCUT2D eigenvalue weighted by atomic mass is 32.2. The van der Waals surface area contributed by atoms with Crippen LogP contribution in [-0.2, 0) is 14.4 Å². The van der Waals surface area contributed by atoms with Crippen LogP contribution in [-0.4, -0.2) is 75.5 Å². The summed E-state index contributed by atoms with van der Waals surface area (Å²) in [5, 5.41) is 12.3. The van der Waals surface area contributed by atoms with Crippen molar-refractivity contribution in [2.24, 2.45) is 11.3 Å². The van der Waals surface area contributed by atoms with Crippen LogP contribution < -0.4 is 5.32 Å². The number of nitrogens with zero attached hydrogens (tertiary/aromatic N) is 2. The van der Waals surface area contributed by atoms with Crippen molar-refractivity contribution in [3.05, 3.63) is 11.6 Å². The van der Waals surface area contributed by atoms with Crippen LogP contribution in [0.25, 0.3) is 0 Å². The van der Waals surface area contributed by atoms with Gasteiger partial charge in [0, 0.05) is 23.2 Å². The third-order valence-electron chi connectivity index (χ3n) is 5.62. The third-order valence-corrected chi connectivity index (χ3v) is 7.13. The maximum atomic E-state index is 13.5. The quantitative estimate of drug-likeness (QED) is 0.591. The second kappa shape index (κ2) is 9.73. The summed E-state index contributed by atoms with van der Waals surface area (Å²) in [4.78, 5) is 41.6. The molecule has 2 amide bonds. The van der Waals surface area contributed by atoms with Gasteiger partial charge in [-0.25, -0.2) is 4.79 Å². The molecule has 1 aliphatic heterocycles. The Balaban J connectivity index is 3.19. The van der Waals surface area contributed by atoms with E-state index in [0.29, 0.717) is 0 Å². The van der Waals surface area contributed by atoms with E-state index in [9.17, 15) is 19.5 Å². The summed E-state index contributed by atoms with van der Waals surface area (Å²) in [7, 11) is 3.59. The van der Waals surface area contributed by atoms with E-state index in [1.54, 1.807) is 29.8 Å². The summed E-state index contributed by atoms with van der Waals surface area (Å²) in [6.07, 6.45) is 1.61. The number of hydrogen-bond acceptors (Lipinski definition) is 5. The van der Waals surface area contributed by atoms with E-state index in [-0.39, 0.29) is 34.1 Å². The Morgan fingerprint density at radius 1 is 1.27 bits per heavy atom. The van der Waals surface area contributed by atoms with Crippen LogP contribution in [0, 0.1) is 11.3 Å². The first kappa shape index (κ1) is 26.5. The molecule has 1 fully saturated rings. The number of aliphatic carboxylic acids is 1. The predicted octanol–water partition coefficient (Wildman–Crippen LogP) is 2.81. The summed E-state index contributed by atoms with van der Waals surface area (Å²) in [6.45, 7) is 15.3. The minimum atomic E-state index is -1.01. The largest absolute Gasteiger partial charge is 0.478 e. The number of rotatable bonds is 7. The van der Waals surface area contributed by atoms with Gasteiger partial charge < -0.3 is 15.3 Å². The van der Waals surface area contributed by atoms with Crippen molar-refractivity contribution in [2.45, 2.75) is 78.3 Å². The van der Waals surface area contributed by atoms with Gasteiger partial charge in [0.2, 0.25) is 11.8 Å². The maximum absolute atomic E-state index is 13.5. The molecule has 0 bridgehead atoms. The zero-order valence-electron chi connectivity index (χ0n) is 20.1. The van der Waals surface area contributed by atoms with E-state index in [1.165, 1.54) is 6.92 Å². The van der Waals surface area contributed by atoms with Gasteiger partial charge in [0.15, 0.2) is 0 Å². The number of likely N-dealkylation sites (N-methyl/N-ethyl adjacent to an activating group) is 2. The van der Waals surface area contributed by atoms with Crippen molar-refractivity contribution in [3.63, 3.8) is 0 Å². The molecule has 0 aromatic carbocycles. The molecular weight excluding hydrogens is 402 g/mol. The van der Waals surface area contributed by atoms with Gasteiger partial charge in [-0.2, -0.15) is 0 Å². The highest BCUT2D eigenvalue weighted by Crippen LogP contribution is 2.38. The topological polar surface area (TPSA) is 90.0 Å². The molecule has 1 aliphatic rings. The minimum Gasteiger partial charge on any atom is -0.478 e. The van der Waals surface area contributed by atoms with Crippen molar-refractivity contribution >= 4 is 29.5 Å². The lowest BCUT2D eigenvalue weighted by Crippen LogP contribution is -2.60. The number of carboxylic acid groups (broad SMARTS) is 1. The Bertz CT molecular complexity index is 697. The van der Waals surface area contributed by atoms with Crippen molar-refractivity contribution in [1.82, 2.24) is 15.1 Å². The molecule has 0 aliphatic carbocycles. The highest BCUT2D eigenvalue weighted by molar-refractivity contribution is 8.00. The molecule has 30 heavy (non-hydrogen) atoms. The number of amides is 2. The second-order valence-electron chi connectivity index (χ2n) is 10.2. The van der Waals surface area contributed by atoms with Gasteiger partial charge in [-0.1, -0.05) is 40.7 Å². The fourth-order valence-electron chi connectivity index (χ4n) is 3.77. The second-order valence-corrected chi connectivity index (χ2v) is 11.8. The zero-order valence-corrected chi connectivity index (χ0v) is 20.9. The van der Waals surface area contributed by atoms with Crippen molar-refractivity contribution in [3.8, 4) is 0 Å². The first-order valence-corrected chi connectivity index (χ1v) is 11.3. The van der Waals surface area contributed by atoms with E-state index >= 15 is 0 Å². The van der Waals surface area contributed by atoms with Crippen molar-refractivity contribution in [1.29, 1.82) is 0 Å². The molecule has 1 rings (SSSR count). The Morgan fingerprint density at radius 2 is 1.80 bits per heavy atom. The molecule has 0 radical (unpaired) electrons. The van der Waals surface area contributed by atoms with Gasteiger partial charge in [0.25, 0.3) is 0 Å². The van der Waals surface area contributed by atoms with Gasteiger partial charge in [-0.3, -0.25) is 14.5 Å². The van der Waals surface area contributed by atoms with E-state index in [4.69, 9.17) is 0 Å². The van der Waals surface area contributed by atoms with E-state index in [0.717, 1.165) is 5.88 Å². The summed E-state index contributed by atoms with van der Waals surface area (Å²) in [5.41, 5.74) is -0.321. The van der Waals surface area contributed by atoms with E-state index in [2.05, 4.69) is 5.32 Å². The molecule has 0 spiro atoms. The van der Waals surface area contributed by atoms with Gasteiger partial charge in [-0.15, -0.1) is 11.8 Å². The standard InChI is InChI=1S/C22H39N3O4S/c1-13(2)15(11-14(3)20(28)29)25(10)19(27)16(21(4,5)6)23-18(26)17-22(7,8)30-12-24(17)9/h11,13,15-17H,12H2,1-10H3,(H,23,26)(H,28,29)/b14-11+/t15?,16?,17-/m0/s1. The lowest BCUT2D eigenvalue weighted by molar-refractivity contribution is -0.141. The monoisotopic (exact) mass is 441 g/mol. The number of carbonyl (C=O) groups excluding carboxylic acids is 2. The number of thioether (sulfide) groups is 1. The summed E-state index contributed by atoms with van der Waals surface area (Å²) in [5.74, 6) is -0.622. The smallest absolute Gasteiger partial charge is 0.331 e. The first-order chi connectivity index (χ1) is 13.5. The molecule has 8 heteroatoms. The van der Waals surface area contributed by atoms with Gasteiger partial charge >= 0.3 is 5.97 Å². The summed E-state index contributed by atoms with van der Waals surface area (Å²) in [6, 6.07) is -1.46. The SMILES string of the molecule is C/C(=C\C(C(C)C)N(C)C(=O)C(NC(=O)[C@@H]1N(C)CSC1(C)C)C(C)(C)C)C(=O)O. The third kappa shape index (κ3) is 6.23. The molecule has 172 valence electrons. The van der Waals surface area contributed by atoms with Crippen molar-refractivity contribution in [2.75, 3.05) is 20.0 Å². The average Bonchev–Trinajstić information content (AvgIpc) is 2.87. The van der Waals surface area contributed by atoms with Gasteiger partial charge in [-0.05, 0) is 39.2 Å². The molecule has 1 saturated heterocycles. The Labute approximate surface area is 185 Å². The Hall–Kier alpha value is -1.54. The highest BCUT2D eigenvalue weighted by Gasteiger charge is 2.46. The Kier molecular flexibility index (Phi) is 8.59. The van der Waals surface area contributed by atoms with Crippen LogP contribution in [0.3, 0.4) is 0 Å². The molecule has 2 N–H and O–H groups in total. The fourth-order valence-corrected chi connectivity index (χ4v) is 4.90. The number of carboxylic acids is 1. The fraction of sp³-hybridized carbons (Fsp3) is 0.773. The zero-order chi connectivity index (χ0) is 23.6. The van der Waals surface area contributed by atoms with Crippen LogP contribution in [0.1, 0.15) is 55.4 Å². The minimum absolute atomic E-state index is 0.0147. The van der Waals surface area contributed by atoms with E-state index < -0.39 is 23.5 Å². The molecule has 0 saturated carbocycles. The van der Waals surface area contributed by atoms with Crippen LogP contribution in [0.15, 0.2) is 11.6 Å². The molecule has 3 atom stereocenters. The average molecular weight is 442 g/mol. The Morgan fingerprint density at radius 3 is 2.17 bits per heavy atom. The lowest BCUT2D eigenvalue weighted by atomic mass is 9.84. The van der Waals surface area contributed by atoms with Crippen LogP contribution in [0.5, 0.6) is 0 Å². The molecule has 2 unspecified atom stereocenters.